The fraction of sp³-hybridized carbons (Fsp3) is 0.160. The Bertz CT molecular complexity index is 1270. The molecule has 0 bridgehead atoms. The van der Waals surface area contributed by atoms with Crippen molar-refractivity contribution in [3.05, 3.63) is 95.0 Å². The Labute approximate surface area is 199 Å². The molecule has 2 aromatic carbocycles. The minimum atomic E-state index is -1.69. The van der Waals surface area contributed by atoms with E-state index in [1.807, 2.05) is 0 Å². The molecule has 0 radical (unpaired) electrons. The molecule has 0 aliphatic heterocycles. The van der Waals surface area contributed by atoms with Gasteiger partial charge in [0.15, 0.2) is 0 Å². The van der Waals surface area contributed by atoms with Gasteiger partial charge in [-0.1, -0.05) is 23.7 Å². The minimum Gasteiger partial charge on any atom is -0.393 e. The first-order chi connectivity index (χ1) is 16.5. The second-order valence-corrected chi connectivity index (χ2v) is 8.05. The van der Waals surface area contributed by atoms with E-state index in [0.717, 1.165) is 0 Å². The summed E-state index contributed by atoms with van der Waals surface area (Å²) in [6.07, 6.45) is -0.0170. The fourth-order valence-electron chi connectivity index (χ4n) is 3.59. The summed E-state index contributed by atoms with van der Waals surface area (Å²) in [7, 11) is 0. The highest BCUT2D eigenvalue weighted by molar-refractivity contribution is 6.34. The van der Waals surface area contributed by atoms with Crippen LogP contribution in [0, 0.1) is 5.82 Å². The minimum absolute atomic E-state index is 0.0985. The molecule has 0 saturated heterocycles. The molecule has 0 unspecified atom stereocenters. The van der Waals surface area contributed by atoms with E-state index in [9.17, 15) is 18.7 Å². The molecule has 174 valence electrons. The summed E-state index contributed by atoms with van der Waals surface area (Å²) in [5.74, 6) is -0.927. The number of carbonyl (C=O) groups is 1. The highest BCUT2D eigenvalue weighted by Gasteiger charge is 2.26. The Balaban J connectivity index is 1.63. The summed E-state index contributed by atoms with van der Waals surface area (Å²) in [5.41, 5.74) is 2.85. The summed E-state index contributed by atoms with van der Waals surface area (Å²) in [6, 6.07) is 16.6. The third-order valence-corrected chi connectivity index (χ3v) is 5.65. The molecule has 0 aliphatic carbocycles. The van der Waals surface area contributed by atoms with Crippen molar-refractivity contribution in [3.63, 3.8) is 0 Å². The van der Waals surface area contributed by atoms with Gasteiger partial charge in [0.05, 0.1) is 34.6 Å². The average molecular weight is 483 g/mol. The van der Waals surface area contributed by atoms with Crippen molar-refractivity contribution in [1.82, 2.24) is 20.5 Å². The quantitative estimate of drug-likeness (QED) is 0.342. The van der Waals surface area contributed by atoms with Crippen LogP contribution in [0.1, 0.15) is 16.1 Å². The molecule has 1 amide bonds. The van der Waals surface area contributed by atoms with E-state index in [-0.39, 0.29) is 22.8 Å². The van der Waals surface area contributed by atoms with Crippen molar-refractivity contribution in [2.45, 2.75) is 18.6 Å². The van der Waals surface area contributed by atoms with E-state index in [1.54, 1.807) is 60.8 Å². The molecule has 0 aliphatic rings. The number of alkyl halides is 1. The first-order valence-corrected chi connectivity index (χ1v) is 10.9. The molecule has 6 nitrogen and oxygen atoms in total. The number of benzene rings is 2. The highest BCUT2D eigenvalue weighted by Crippen LogP contribution is 2.32. The number of H-pyrrole nitrogens is 1. The molecule has 34 heavy (non-hydrogen) atoms. The zero-order chi connectivity index (χ0) is 24.1. The standard InChI is InChI=1S/C25H21ClF2N4O2/c26-19-6-3-5-18(24(19)23-13-21(31-32-23)15-7-9-16(27)10-8-15)25(34)30-22(20(28)14-33)12-17-4-1-2-11-29-17/h1-11,13,20,22,33H,12,14H2,(H,30,34)(H,31,32)/t20-,22-/m1/s1. The number of halogens is 3. The molecule has 0 fully saturated rings. The first kappa shape index (κ1) is 23.5. The van der Waals surface area contributed by atoms with Gasteiger partial charge in [-0.25, -0.2) is 8.78 Å². The number of pyridine rings is 1. The van der Waals surface area contributed by atoms with Gasteiger partial charge in [0, 0.05) is 23.9 Å². The van der Waals surface area contributed by atoms with Crippen LogP contribution in [-0.2, 0) is 6.42 Å². The van der Waals surface area contributed by atoms with Gasteiger partial charge in [0.1, 0.15) is 12.0 Å². The molecular formula is C25H21ClF2N4O2. The van der Waals surface area contributed by atoms with Crippen LogP contribution in [-0.4, -0.2) is 45.0 Å². The van der Waals surface area contributed by atoms with E-state index >= 15 is 0 Å². The summed E-state index contributed by atoms with van der Waals surface area (Å²) in [6.45, 7) is -0.749. The zero-order valence-corrected chi connectivity index (χ0v) is 18.6. The van der Waals surface area contributed by atoms with Crippen molar-refractivity contribution < 1.29 is 18.7 Å². The lowest BCUT2D eigenvalue weighted by Gasteiger charge is -2.22. The number of aliphatic hydroxyl groups is 1. The van der Waals surface area contributed by atoms with Crippen LogP contribution in [0.2, 0.25) is 5.02 Å². The van der Waals surface area contributed by atoms with Crippen molar-refractivity contribution >= 4 is 17.5 Å². The van der Waals surface area contributed by atoms with Crippen LogP contribution in [0.25, 0.3) is 22.5 Å². The number of aliphatic hydroxyl groups excluding tert-OH is 1. The smallest absolute Gasteiger partial charge is 0.252 e. The van der Waals surface area contributed by atoms with E-state index in [0.29, 0.717) is 28.2 Å². The van der Waals surface area contributed by atoms with Crippen LogP contribution in [0.5, 0.6) is 0 Å². The summed E-state index contributed by atoms with van der Waals surface area (Å²) < 4.78 is 27.8. The molecule has 0 saturated carbocycles. The van der Waals surface area contributed by atoms with Crippen LogP contribution >= 0.6 is 11.6 Å². The molecule has 4 aromatic rings. The maximum Gasteiger partial charge on any atom is 0.252 e. The number of aromatic nitrogens is 3. The molecule has 2 heterocycles. The van der Waals surface area contributed by atoms with E-state index < -0.39 is 24.7 Å². The van der Waals surface area contributed by atoms with Gasteiger partial charge >= 0.3 is 0 Å². The lowest BCUT2D eigenvalue weighted by atomic mass is 10.0. The number of hydrogen-bond donors (Lipinski definition) is 3. The predicted octanol–water partition coefficient (Wildman–Crippen LogP) is 4.60. The lowest BCUT2D eigenvalue weighted by molar-refractivity contribution is 0.0869. The van der Waals surface area contributed by atoms with Gasteiger partial charge < -0.3 is 10.4 Å². The fourth-order valence-corrected chi connectivity index (χ4v) is 3.86. The molecular weight excluding hydrogens is 462 g/mol. The van der Waals surface area contributed by atoms with Crippen LogP contribution in [0.4, 0.5) is 8.78 Å². The average Bonchev–Trinajstić information content (AvgIpc) is 3.33. The van der Waals surface area contributed by atoms with Crippen molar-refractivity contribution in [2.75, 3.05) is 6.61 Å². The van der Waals surface area contributed by atoms with E-state index in [1.165, 1.54) is 12.1 Å². The Morgan fingerprint density at radius 2 is 1.91 bits per heavy atom. The maximum atomic E-state index is 14.5. The summed E-state index contributed by atoms with van der Waals surface area (Å²) in [5, 5.41) is 19.5. The lowest BCUT2D eigenvalue weighted by Crippen LogP contribution is -2.44. The maximum absolute atomic E-state index is 14.5. The summed E-state index contributed by atoms with van der Waals surface area (Å²) >= 11 is 6.43. The Morgan fingerprint density at radius 3 is 2.62 bits per heavy atom. The molecule has 4 rings (SSSR count). The largest absolute Gasteiger partial charge is 0.393 e. The monoisotopic (exact) mass is 482 g/mol. The molecule has 2 aromatic heterocycles. The number of rotatable bonds is 8. The van der Waals surface area contributed by atoms with E-state index in [4.69, 9.17) is 11.6 Å². The number of nitrogens with zero attached hydrogens (tertiary/aromatic N) is 2. The Kier molecular flexibility index (Phi) is 7.30. The van der Waals surface area contributed by atoms with Crippen LogP contribution < -0.4 is 5.32 Å². The Hall–Kier alpha value is -3.62. The van der Waals surface area contributed by atoms with Crippen LogP contribution in [0.3, 0.4) is 0 Å². The molecule has 9 heteroatoms. The van der Waals surface area contributed by atoms with Gasteiger partial charge in [-0.3, -0.25) is 14.9 Å². The Morgan fingerprint density at radius 1 is 1.12 bits per heavy atom. The number of aromatic amines is 1. The van der Waals surface area contributed by atoms with Gasteiger partial charge in [-0.15, -0.1) is 0 Å². The van der Waals surface area contributed by atoms with Gasteiger partial charge in [0.2, 0.25) is 0 Å². The third-order valence-electron chi connectivity index (χ3n) is 5.33. The number of carbonyl (C=O) groups excluding carboxylic acids is 1. The van der Waals surface area contributed by atoms with Crippen molar-refractivity contribution in [3.8, 4) is 22.5 Å². The zero-order valence-electron chi connectivity index (χ0n) is 17.9. The predicted molar refractivity (Wildman–Crippen MR) is 126 cm³/mol. The molecule has 2 atom stereocenters. The van der Waals surface area contributed by atoms with E-state index in [2.05, 4.69) is 20.5 Å². The molecule has 3 N–H and O–H groups in total. The number of amides is 1. The highest BCUT2D eigenvalue weighted by atomic mass is 35.5. The van der Waals surface area contributed by atoms with Gasteiger partial charge in [-0.05, 0) is 60.2 Å². The van der Waals surface area contributed by atoms with Crippen molar-refractivity contribution in [1.29, 1.82) is 0 Å². The number of nitrogens with one attached hydrogen (secondary N) is 2. The van der Waals surface area contributed by atoms with Crippen molar-refractivity contribution in [2.24, 2.45) is 0 Å². The SMILES string of the molecule is O=C(N[C@H](Cc1ccccn1)[C@H](F)CO)c1cccc(Cl)c1-c1cc(-c2ccc(F)cc2)[nH]n1. The normalized spacial score (nSPS) is 12.8. The molecule has 0 spiro atoms. The second-order valence-electron chi connectivity index (χ2n) is 7.64. The topological polar surface area (TPSA) is 90.9 Å². The number of hydrogen-bond acceptors (Lipinski definition) is 4. The van der Waals surface area contributed by atoms with Gasteiger partial charge in [-0.2, -0.15) is 5.10 Å². The van der Waals surface area contributed by atoms with Gasteiger partial charge in [0.25, 0.3) is 5.91 Å². The second kappa shape index (κ2) is 10.5. The first-order valence-electron chi connectivity index (χ1n) is 10.5. The summed E-state index contributed by atoms with van der Waals surface area (Å²) in [4.78, 5) is 17.4. The third kappa shape index (κ3) is 5.30. The van der Waals surface area contributed by atoms with Crippen LogP contribution in [0.15, 0.2) is 72.9 Å².